The number of esters is 1. The predicted octanol–water partition coefficient (Wildman–Crippen LogP) is 4.47. The van der Waals surface area contributed by atoms with Crippen LogP contribution in [0.15, 0.2) is 78.3 Å². The lowest BCUT2D eigenvalue weighted by Crippen LogP contribution is -2.35. The fourth-order valence-electron chi connectivity index (χ4n) is 3.23. The van der Waals surface area contributed by atoms with Gasteiger partial charge in [-0.15, -0.1) is 11.3 Å². The van der Waals surface area contributed by atoms with Crippen LogP contribution in [0, 0.1) is 0 Å². The fraction of sp³-hybridized carbons (Fsp3) is 0.160. The summed E-state index contributed by atoms with van der Waals surface area (Å²) in [7, 11) is 1.58. The molecule has 4 rings (SSSR count). The minimum Gasteiger partial charge on any atom is -0.497 e. The maximum absolute atomic E-state index is 13.1. The van der Waals surface area contributed by atoms with Crippen LogP contribution in [0.1, 0.15) is 22.2 Å². The molecule has 0 bridgehead atoms. The first-order valence-corrected chi connectivity index (χ1v) is 11.2. The first-order chi connectivity index (χ1) is 16.0. The molecule has 2 aromatic heterocycles. The number of thiophene rings is 1. The smallest absolute Gasteiger partial charge is 0.342 e. The number of nitrogens with zero attached hydrogens (tertiary/aromatic N) is 2. The fourth-order valence-corrected chi connectivity index (χ4v) is 3.87. The number of ether oxygens (including phenoxy) is 2. The molecule has 0 aliphatic carbocycles. The van der Waals surface area contributed by atoms with Crippen molar-refractivity contribution in [1.82, 2.24) is 15.1 Å². The van der Waals surface area contributed by atoms with Crippen molar-refractivity contribution in [3.8, 4) is 22.7 Å². The number of hydrogen-bond acceptors (Lipinski definition) is 6. The Hall–Kier alpha value is -3.91. The van der Waals surface area contributed by atoms with Gasteiger partial charge in [-0.3, -0.25) is 4.79 Å². The van der Waals surface area contributed by atoms with Crippen molar-refractivity contribution in [2.45, 2.75) is 19.6 Å². The predicted molar refractivity (Wildman–Crippen MR) is 127 cm³/mol. The Morgan fingerprint density at radius 2 is 1.91 bits per heavy atom. The van der Waals surface area contributed by atoms with E-state index in [4.69, 9.17) is 9.47 Å². The summed E-state index contributed by atoms with van der Waals surface area (Å²) in [6.07, 6.45) is 0.652. The molecule has 8 heteroatoms. The molecule has 0 saturated heterocycles. The van der Waals surface area contributed by atoms with E-state index in [0.29, 0.717) is 23.6 Å². The van der Waals surface area contributed by atoms with E-state index in [1.165, 1.54) is 0 Å². The molecule has 7 nitrogen and oxygen atoms in total. The first-order valence-electron chi connectivity index (χ1n) is 10.4. The molecule has 1 atom stereocenters. The normalized spacial score (nSPS) is 11.6. The summed E-state index contributed by atoms with van der Waals surface area (Å²) in [6, 6.07) is 20.6. The van der Waals surface area contributed by atoms with Crippen molar-refractivity contribution in [2.24, 2.45) is 0 Å². The first kappa shape index (κ1) is 22.3. The zero-order valence-corrected chi connectivity index (χ0v) is 19.0. The van der Waals surface area contributed by atoms with Gasteiger partial charge in [-0.25, -0.2) is 9.48 Å². The van der Waals surface area contributed by atoms with Crippen LogP contribution in [0.5, 0.6) is 5.75 Å². The molecule has 0 aliphatic rings. The molecule has 0 radical (unpaired) electrons. The van der Waals surface area contributed by atoms with Gasteiger partial charge in [-0.2, -0.15) is 5.10 Å². The zero-order valence-electron chi connectivity index (χ0n) is 18.2. The van der Waals surface area contributed by atoms with Gasteiger partial charge in [-0.1, -0.05) is 36.4 Å². The van der Waals surface area contributed by atoms with E-state index in [1.807, 2.05) is 66.0 Å². The van der Waals surface area contributed by atoms with Crippen molar-refractivity contribution in [3.05, 3.63) is 88.7 Å². The minimum absolute atomic E-state index is 0.255. The second kappa shape index (κ2) is 10.1. The molecule has 0 saturated carbocycles. The van der Waals surface area contributed by atoms with Gasteiger partial charge in [0.15, 0.2) is 6.10 Å². The summed E-state index contributed by atoms with van der Waals surface area (Å²) in [6.45, 7) is 1.94. The summed E-state index contributed by atoms with van der Waals surface area (Å²) >= 11 is 1.55. The molecule has 2 heterocycles. The number of carbonyl (C=O) groups is 2. The molecular formula is C25H23N3O4S. The number of benzene rings is 2. The van der Waals surface area contributed by atoms with E-state index < -0.39 is 12.1 Å². The van der Waals surface area contributed by atoms with Crippen LogP contribution in [-0.4, -0.2) is 34.9 Å². The van der Waals surface area contributed by atoms with Gasteiger partial charge >= 0.3 is 5.97 Å². The van der Waals surface area contributed by atoms with Crippen LogP contribution in [0.2, 0.25) is 0 Å². The Labute approximate surface area is 195 Å². The lowest BCUT2D eigenvalue weighted by molar-refractivity contribution is -0.129. The van der Waals surface area contributed by atoms with Crippen LogP contribution in [0.25, 0.3) is 16.9 Å². The molecule has 1 N–H and O–H groups in total. The summed E-state index contributed by atoms with van der Waals surface area (Å²) in [5, 5.41) is 9.36. The highest BCUT2D eigenvalue weighted by Crippen LogP contribution is 2.27. The van der Waals surface area contributed by atoms with Crippen LogP contribution in [-0.2, 0) is 16.1 Å². The van der Waals surface area contributed by atoms with E-state index in [-0.39, 0.29) is 11.5 Å². The largest absolute Gasteiger partial charge is 0.497 e. The molecule has 33 heavy (non-hydrogen) atoms. The SMILES string of the molecule is COc1cccc(-c2nn(-c3ccccc3)cc2C(=O)OC(C)C(=O)NCc2cccs2)c1. The third kappa shape index (κ3) is 5.30. The van der Waals surface area contributed by atoms with Gasteiger partial charge < -0.3 is 14.8 Å². The van der Waals surface area contributed by atoms with E-state index in [9.17, 15) is 9.59 Å². The second-order valence-electron chi connectivity index (χ2n) is 7.25. The maximum Gasteiger partial charge on any atom is 0.342 e. The molecule has 168 valence electrons. The van der Waals surface area contributed by atoms with Crippen molar-refractivity contribution in [1.29, 1.82) is 0 Å². The van der Waals surface area contributed by atoms with Gasteiger partial charge in [0.05, 0.1) is 19.3 Å². The quantitative estimate of drug-likeness (QED) is 0.392. The molecule has 1 unspecified atom stereocenters. The van der Waals surface area contributed by atoms with Gasteiger partial charge in [0.1, 0.15) is 17.0 Å². The van der Waals surface area contributed by atoms with Crippen LogP contribution < -0.4 is 10.1 Å². The van der Waals surface area contributed by atoms with E-state index in [1.54, 1.807) is 42.3 Å². The van der Waals surface area contributed by atoms with Crippen molar-refractivity contribution in [2.75, 3.05) is 7.11 Å². The molecule has 0 fully saturated rings. The highest BCUT2D eigenvalue weighted by Gasteiger charge is 2.24. The topological polar surface area (TPSA) is 82.5 Å². The van der Waals surface area contributed by atoms with Crippen LogP contribution >= 0.6 is 11.3 Å². The van der Waals surface area contributed by atoms with Crippen molar-refractivity contribution < 1.29 is 19.1 Å². The number of carbonyl (C=O) groups excluding carboxylic acids is 2. The Morgan fingerprint density at radius 3 is 2.64 bits per heavy atom. The van der Waals surface area contributed by atoms with E-state index in [0.717, 1.165) is 10.6 Å². The summed E-state index contributed by atoms with van der Waals surface area (Å²) in [4.78, 5) is 26.6. The van der Waals surface area contributed by atoms with Crippen LogP contribution in [0.4, 0.5) is 0 Å². The molecule has 2 aromatic carbocycles. The van der Waals surface area contributed by atoms with E-state index in [2.05, 4.69) is 10.4 Å². The summed E-state index contributed by atoms with van der Waals surface area (Å²) in [5.74, 6) is -0.355. The Kier molecular flexibility index (Phi) is 6.85. The van der Waals surface area contributed by atoms with Gasteiger partial charge in [0.2, 0.25) is 0 Å². The molecule has 4 aromatic rings. The molecule has 0 spiro atoms. The number of aromatic nitrogens is 2. The number of methoxy groups -OCH3 is 1. The minimum atomic E-state index is -0.962. The molecular weight excluding hydrogens is 438 g/mol. The van der Waals surface area contributed by atoms with E-state index >= 15 is 0 Å². The average Bonchev–Trinajstić information content (AvgIpc) is 3.53. The second-order valence-corrected chi connectivity index (χ2v) is 8.28. The number of hydrogen-bond donors (Lipinski definition) is 1. The zero-order chi connectivity index (χ0) is 23.2. The maximum atomic E-state index is 13.1. The summed E-state index contributed by atoms with van der Waals surface area (Å²) < 4.78 is 12.4. The van der Waals surface area contributed by atoms with Gasteiger partial charge in [-0.05, 0) is 42.6 Å². The standard InChI is InChI=1S/C25H23N3O4S/c1-17(24(29)26-15-21-12-7-13-33-21)32-25(30)22-16-28(19-9-4-3-5-10-19)27-23(22)18-8-6-11-20(14-18)31-2/h3-14,16-17H,15H2,1-2H3,(H,26,29). The van der Waals surface area contributed by atoms with Crippen LogP contribution in [0.3, 0.4) is 0 Å². The molecule has 1 amide bonds. The monoisotopic (exact) mass is 461 g/mol. The number of para-hydroxylation sites is 1. The lowest BCUT2D eigenvalue weighted by atomic mass is 10.1. The Morgan fingerprint density at radius 1 is 1.09 bits per heavy atom. The van der Waals surface area contributed by atoms with Crippen molar-refractivity contribution in [3.63, 3.8) is 0 Å². The molecule has 0 aliphatic heterocycles. The summed E-state index contributed by atoms with van der Waals surface area (Å²) in [5.41, 5.74) is 2.19. The third-order valence-electron chi connectivity index (χ3n) is 4.97. The average molecular weight is 462 g/mol. The highest BCUT2D eigenvalue weighted by atomic mass is 32.1. The number of nitrogens with one attached hydrogen (secondary N) is 1. The Bertz CT molecular complexity index is 1240. The van der Waals surface area contributed by atoms with Crippen molar-refractivity contribution >= 4 is 23.2 Å². The highest BCUT2D eigenvalue weighted by molar-refractivity contribution is 7.09. The number of amides is 1. The number of rotatable bonds is 8. The third-order valence-corrected chi connectivity index (χ3v) is 5.84. The van der Waals surface area contributed by atoms with Gasteiger partial charge in [0.25, 0.3) is 5.91 Å². The van der Waals surface area contributed by atoms with Gasteiger partial charge in [0, 0.05) is 16.6 Å². The lowest BCUT2D eigenvalue weighted by Gasteiger charge is -2.13. The Balaban J connectivity index is 1.58.